The molecule has 0 aromatic heterocycles. The first-order chi connectivity index (χ1) is 5.15. The molecule has 1 aromatic carbocycles. The summed E-state index contributed by atoms with van der Waals surface area (Å²) in [7, 11) is 0. The van der Waals surface area contributed by atoms with Gasteiger partial charge in [-0.15, -0.1) is 0 Å². The average Bonchev–Trinajstić information content (AvgIpc) is 1.97. The van der Waals surface area contributed by atoms with Gasteiger partial charge in [0.15, 0.2) is 0 Å². The van der Waals surface area contributed by atoms with Crippen LogP contribution in [0, 0.1) is 12.7 Å². The highest BCUT2D eigenvalue weighted by Gasteiger charge is 2.03. The number of nitrogens with two attached hydrogens (primary N) is 1. The molecular formula is C8H10FNO. The minimum atomic E-state index is -0.359. The fourth-order valence-corrected chi connectivity index (χ4v) is 0.861. The molecule has 1 rings (SSSR count). The van der Waals surface area contributed by atoms with Gasteiger partial charge in [-0.25, -0.2) is 4.39 Å². The molecule has 0 amide bonds. The molecule has 0 aliphatic carbocycles. The van der Waals surface area contributed by atoms with Crippen molar-refractivity contribution in [3.05, 3.63) is 29.1 Å². The molecule has 0 saturated carbocycles. The van der Waals surface area contributed by atoms with E-state index in [1.165, 1.54) is 12.1 Å². The first-order valence-electron chi connectivity index (χ1n) is 3.33. The topological polar surface area (TPSA) is 46.2 Å². The second-order valence-electron chi connectivity index (χ2n) is 2.43. The van der Waals surface area contributed by atoms with Crippen LogP contribution in [0.4, 0.5) is 4.39 Å². The summed E-state index contributed by atoms with van der Waals surface area (Å²) in [6.07, 6.45) is 0. The van der Waals surface area contributed by atoms with Crippen LogP contribution >= 0.6 is 0 Å². The summed E-state index contributed by atoms with van der Waals surface area (Å²) in [5, 5.41) is 9.13. The zero-order chi connectivity index (χ0) is 8.43. The molecule has 0 radical (unpaired) electrons. The molecule has 2 nitrogen and oxygen atoms in total. The zero-order valence-electron chi connectivity index (χ0n) is 6.26. The lowest BCUT2D eigenvalue weighted by molar-refractivity contribution is 0.467. The number of aromatic hydroxyl groups is 1. The van der Waals surface area contributed by atoms with Gasteiger partial charge in [-0.3, -0.25) is 0 Å². The molecule has 0 aliphatic heterocycles. The molecule has 0 unspecified atom stereocenters. The van der Waals surface area contributed by atoms with Crippen LogP contribution in [0.1, 0.15) is 11.1 Å². The Morgan fingerprint density at radius 1 is 1.55 bits per heavy atom. The van der Waals surface area contributed by atoms with Crippen LogP contribution in [-0.2, 0) is 6.54 Å². The van der Waals surface area contributed by atoms with E-state index in [0.29, 0.717) is 11.1 Å². The maximum atomic E-state index is 12.8. The van der Waals surface area contributed by atoms with E-state index < -0.39 is 0 Å². The fourth-order valence-electron chi connectivity index (χ4n) is 0.861. The summed E-state index contributed by atoms with van der Waals surface area (Å²) in [5.41, 5.74) is 6.09. The van der Waals surface area contributed by atoms with Crippen molar-refractivity contribution in [1.82, 2.24) is 0 Å². The van der Waals surface area contributed by atoms with Gasteiger partial charge in [0, 0.05) is 12.1 Å². The van der Waals surface area contributed by atoms with Gasteiger partial charge in [0.1, 0.15) is 11.6 Å². The Kier molecular flexibility index (Phi) is 2.10. The van der Waals surface area contributed by atoms with Crippen LogP contribution in [0.25, 0.3) is 0 Å². The third-order valence-electron chi connectivity index (χ3n) is 1.58. The summed E-state index contributed by atoms with van der Waals surface area (Å²) in [6.45, 7) is 1.75. The second-order valence-corrected chi connectivity index (χ2v) is 2.43. The third-order valence-corrected chi connectivity index (χ3v) is 1.58. The standard InChI is InChI=1S/C8H10FNO/c1-5-2-7(9)6(4-10)3-8(5)11/h2-3,11H,4,10H2,1H3. The molecule has 0 atom stereocenters. The average molecular weight is 155 g/mol. The smallest absolute Gasteiger partial charge is 0.128 e. The molecule has 11 heavy (non-hydrogen) atoms. The summed E-state index contributed by atoms with van der Waals surface area (Å²) in [4.78, 5) is 0. The Labute approximate surface area is 64.5 Å². The molecule has 0 bridgehead atoms. The van der Waals surface area contributed by atoms with E-state index in [1.54, 1.807) is 6.92 Å². The molecule has 0 spiro atoms. The van der Waals surface area contributed by atoms with E-state index in [-0.39, 0.29) is 18.1 Å². The van der Waals surface area contributed by atoms with E-state index in [1.807, 2.05) is 0 Å². The number of phenolic OH excluding ortho intramolecular Hbond substituents is 1. The Bertz CT molecular complexity index is 273. The number of aryl methyl sites for hydroxylation is 1. The Hall–Kier alpha value is -1.09. The molecule has 3 N–H and O–H groups in total. The first kappa shape index (κ1) is 8.01. The van der Waals surface area contributed by atoms with Crippen molar-refractivity contribution in [2.45, 2.75) is 13.5 Å². The van der Waals surface area contributed by atoms with Gasteiger partial charge in [0.05, 0.1) is 0 Å². The SMILES string of the molecule is Cc1cc(F)c(CN)cc1O. The highest BCUT2D eigenvalue weighted by Crippen LogP contribution is 2.19. The molecule has 0 saturated heterocycles. The molecular weight excluding hydrogens is 145 g/mol. The maximum absolute atomic E-state index is 12.8. The Morgan fingerprint density at radius 2 is 2.18 bits per heavy atom. The lowest BCUT2D eigenvalue weighted by Crippen LogP contribution is -1.99. The van der Waals surface area contributed by atoms with Crippen LogP contribution in [0.5, 0.6) is 5.75 Å². The van der Waals surface area contributed by atoms with Gasteiger partial charge in [0.2, 0.25) is 0 Å². The van der Waals surface area contributed by atoms with Crippen molar-refractivity contribution in [1.29, 1.82) is 0 Å². The van der Waals surface area contributed by atoms with E-state index >= 15 is 0 Å². The van der Waals surface area contributed by atoms with Gasteiger partial charge in [-0.05, 0) is 24.6 Å². The molecule has 1 aromatic rings. The molecule has 3 heteroatoms. The van der Waals surface area contributed by atoms with Gasteiger partial charge in [-0.1, -0.05) is 0 Å². The van der Waals surface area contributed by atoms with Gasteiger partial charge >= 0.3 is 0 Å². The lowest BCUT2D eigenvalue weighted by Gasteiger charge is -2.02. The minimum absolute atomic E-state index is 0.0897. The van der Waals surface area contributed by atoms with Gasteiger partial charge < -0.3 is 10.8 Å². The molecule has 0 aliphatic rings. The van der Waals surface area contributed by atoms with E-state index in [4.69, 9.17) is 10.8 Å². The normalized spacial score (nSPS) is 10.1. The third kappa shape index (κ3) is 1.49. The Balaban J connectivity index is 3.21. The van der Waals surface area contributed by atoms with Crippen molar-refractivity contribution in [3.8, 4) is 5.75 Å². The predicted molar refractivity (Wildman–Crippen MR) is 40.7 cm³/mol. The van der Waals surface area contributed by atoms with Crippen molar-refractivity contribution in [2.75, 3.05) is 0 Å². The summed E-state index contributed by atoms with van der Waals surface area (Å²) < 4.78 is 12.8. The second kappa shape index (κ2) is 2.88. The van der Waals surface area contributed by atoms with Crippen LogP contribution < -0.4 is 5.73 Å². The van der Waals surface area contributed by atoms with Crippen LogP contribution in [0.3, 0.4) is 0 Å². The summed E-state index contributed by atoms with van der Waals surface area (Å²) >= 11 is 0. The summed E-state index contributed by atoms with van der Waals surface area (Å²) in [5.74, 6) is -0.269. The van der Waals surface area contributed by atoms with Crippen molar-refractivity contribution in [3.63, 3.8) is 0 Å². The highest BCUT2D eigenvalue weighted by atomic mass is 19.1. The van der Waals surface area contributed by atoms with Gasteiger partial charge in [-0.2, -0.15) is 0 Å². The number of hydrogen-bond acceptors (Lipinski definition) is 2. The highest BCUT2D eigenvalue weighted by molar-refractivity contribution is 5.36. The number of rotatable bonds is 1. The van der Waals surface area contributed by atoms with Crippen LogP contribution in [0.15, 0.2) is 12.1 Å². The fraction of sp³-hybridized carbons (Fsp3) is 0.250. The number of benzene rings is 1. The van der Waals surface area contributed by atoms with E-state index in [0.717, 1.165) is 0 Å². The quantitative estimate of drug-likeness (QED) is 0.642. The number of hydrogen-bond donors (Lipinski definition) is 2. The molecule has 60 valence electrons. The van der Waals surface area contributed by atoms with Crippen molar-refractivity contribution in [2.24, 2.45) is 5.73 Å². The molecule has 0 heterocycles. The number of phenols is 1. The first-order valence-corrected chi connectivity index (χ1v) is 3.33. The van der Waals surface area contributed by atoms with Crippen LogP contribution in [-0.4, -0.2) is 5.11 Å². The Morgan fingerprint density at radius 3 is 2.73 bits per heavy atom. The predicted octanol–water partition coefficient (Wildman–Crippen LogP) is 1.30. The van der Waals surface area contributed by atoms with Crippen molar-refractivity contribution < 1.29 is 9.50 Å². The minimum Gasteiger partial charge on any atom is -0.508 e. The van der Waals surface area contributed by atoms with Crippen molar-refractivity contribution >= 4 is 0 Å². The van der Waals surface area contributed by atoms with E-state index in [2.05, 4.69) is 0 Å². The summed E-state index contributed by atoms with van der Waals surface area (Å²) in [6, 6.07) is 2.63. The van der Waals surface area contributed by atoms with Crippen LogP contribution in [0.2, 0.25) is 0 Å². The lowest BCUT2D eigenvalue weighted by atomic mass is 10.1. The largest absolute Gasteiger partial charge is 0.508 e. The number of halogens is 1. The maximum Gasteiger partial charge on any atom is 0.128 e. The van der Waals surface area contributed by atoms with Gasteiger partial charge in [0.25, 0.3) is 0 Å². The molecule has 0 fully saturated rings. The zero-order valence-corrected chi connectivity index (χ0v) is 6.26. The monoisotopic (exact) mass is 155 g/mol. The van der Waals surface area contributed by atoms with E-state index in [9.17, 15) is 4.39 Å².